The Labute approximate surface area is 152 Å². The van der Waals surface area contributed by atoms with Crippen molar-refractivity contribution in [1.29, 1.82) is 0 Å². The van der Waals surface area contributed by atoms with Crippen molar-refractivity contribution in [2.75, 3.05) is 11.4 Å². The van der Waals surface area contributed by atoms with Gasteiger partial charge in [-0.05, 0) is 43.5 Å². The predicted octanol–water partition coefficient (Wildman–Crippen LogP) is 3.57. The van der Waals surface area contributed by atoms with Crippen LogP contribution in [0.4, 0.5) is 5.69 Å². The summed E-state index contributed by atoms with van der Waals surface area (Å²) in [7, 11) is 0. The maximum Gasteiger partial charge on any atom is 0.223 e. The van der Waals surface area contributed by atoms with Crippen LogP contribution >= 0.6 is 11.8 Å². The number of ketones is 1. The van der Waals surface area contributed by atoms with Gasteiger partial charge in [0.05, 0.1) is 5.25 Å². The summed E-state index contributed by atoms with van der Waals surface area (Å²) in [6, 6.07) is 5.67. The monoisotopic (exact) mass is 357 g/mol. The number of hydrogen-bond acceptors (Lipinski definition) is 4. The maximum atomic E-state index is 12.8. The van der Waals surface area contributed by atoms with E-state index in [-0.39, 0.29) is 16.9 Å². The van der Waals surface area contributed by atoms with Gasteiger partial charge in [-0.2, -0.15) is 0 Å². The molecule has 0 spiro atoms. The highest BCUT2D eigenvalue weighted by Gasteiger charge is 2.25. The number of fused-ring (bicyclic) bond motifs is 1. The Morgan fingerprint density at radius 3 is 2.88 bits per heavy atom. The first-order valence-electron chi connectivity index (χ1n) is 8.64. The highest BCUT2D eigenvalue weighted by atomic mass is 32.2. The van der Waals surface area contributed by atoms with Crippen LogP contribution < -0.4 is 4.90 Å². The molecule has 0 N–H and O–H groups in total. The summed E-state index contributed by atoms with van der Waals surface area (Å²) in [4.78, 5) is 30.6. The number of benzene rings is 1. The van der Waals surface area contributed by atoms with Crippen LogP contribution in [-0.2, 0) is 17.8 Å². The van der Waals surface area contributed by atoms with Crippen LogP contribution in [0.1, 0.15) is 43.1 Å². The number of rotatable bonds is 6. The van der Waals surface area contributed by atoms with E-state index in [0.29, 0.717) is 12.1 Å². The molecule has 0 bridgehead atoms. The highest BCUT2D eigenvalue weighted by Crippen LogP contribution is 2.31. The number of nitrogens with zero attached hydrogens (tertiary/aromatic N) is 3. The molecule has 1 unspecified atom stereocenters. The Morgan fingerprint density at radius 2 is 2.16 bits per heavy atom. The van der Waals surface area contributed by atoms with Gasteiger partial charge in [-0.25, -0.2) is 4.98 Å². The molecule has 1 aromatic carbocycles. The molecule has 1 aromatic heterocycles. The molecule has 0 radical (unpaired) electrons. The molecule has 25 heavy (non-hydrogen) atoms. The van der Waals surface area contributed by atoms with E-state index in [4.69, 9.17) is 0 Å². The van der Waals surface area contributed by atoms with Gasteiger partial charge in [0.1, 0.15) is 0 Å². The molecule has 5 nitrogen and oxygen atoms in total. The van der Waals surface area contributed by atoms with E-state index in [0.717, 1.165) is 35.8 Å². The second-order valence-corrected chi connectivity index (χ2v) is 7.60. The number of Topliss-reactive ketones (excluding diaryl/α,β-unsaturated/α-hetero) is 1. The largest absolute Gasteiger partial charge is 0.326 e. The topological polar surface area (TPSA) is 55.2 Å². The zero-order chi connectivity index (χ0) is 18.0. The molecule has 1 aliphatic heterocycles. The molecule has 1 amide bonds. The third kappa shape index (κ3) is 3.63. The minimum atomic E-state index is -0.207. The molecular formula is C19H23N3O2S. The molecule has 0 saturated heterocycles. The molecule has 0 fully saturated rings. The van der Waals surface area contributed by atoms with Crippen LogP contribution in [0.25, 0.3) is 0 Å². The van der Waals surface area contributed by atoms with Crippen molar-refractivity contribution >= 4 is 29.1 Å². The van der Waals surface area contributed by atoms with E-state index < -0.39 is 0 Å². The van der Waals surface area contributed by atoms with Crippen LogP contribution in [0.15, 0.2) is 35.7 Å². The van der Waals surface area contributed by atoms with E-state index in [1.165, 1.54) is 11.8 Å². The molecule has 2 aromatic rings. The summed E-state index contributed by atoms with van der Waals surface area (Å²) in [5.41, 5.74) is 2.71. The molecule has 0 aliphatic carbocycles. The first-order valence-corrected chi connectivity index (χ1v) is 9.52. The molecule has 0 saturated carbocycles. The van der Waals surface area contributed by atoms with Crippen LogP contribution in [-0.4, -0.2) is 33.0 Å². The SMILES string of the molecule is CCCn1ccnc1SC(C)C(=O)c1ccc2c(c1)CCN2C(C)=O. The number of aryl methyl sites for hydroxylation is 1. The van der Waals surface area contributed by atoms with Gasteiger partial charge in [0.25, 0.3) is 0 Å². The lowest BCUT2D eigenvalue weighted by molar-refractivity contribution is -0.116. The van der Waals surface area contributed by atoms with Gasteiger partial charge in [-0.3, -0.25) is 9.59 Å². The molecule has 1 atom stereocenters. The van der Waals surface area contributed by atoms with Crippen LogP contribution in [0.5, 0.6) is 0 Å². The lowest BCUT2D eigenvalue weighted by atomic mass is 10.0. The van der Waals surface area contributed by atoms with Crippen molar-refractivity contribution in [2.45, 2.75) is 50.6 Å². The van der Waals surface area contributed by atoms with Crippen molar-refractivity contribution in [3.8, 4) is 0 Å². The smallest absolute Gasteiger partial charge is 0.223 e. The highest BCUT2D eigenvalue weighted by molar-refractivity contribution is 8.00. The minimum Gasteiger partial charge on any atom is -0.326 e. The van der Waals surface area contributed by atoms with Crippen molar-refractivity contribution in [2.24, 2.45) is 0 Å². The lowest BCUT2D eigenvalue weighted by Crippen LogP contribution is -2.25. The maximum absolute atomic E-state index is 12.8. The average molecular weight is 357 g/mol. The summed E-state index contributed by atoms with van der Waals surface area (Å²) in [5, 5.41) is 0.674. The van der Waals surface area contributed by atoms with Gasteiger partial charge < -0.3 is 9.47 Å². The number of imidazole rings is 1. The fraction of sp³-hybridized carbons (Fsp3) is 0.421. The Bertz CT molecular complexity index is 800. The molecule has 2 heterocycles. The third-order valence-corrected chi connectivity index (χ3v) is 5.55. The molecular weight excluding hydrogens is 334 g/mol. The number of anilines is 1. The molecule has 1 aliphatic rings. The Hall–Kier alpha value is -2.08. The fourth-order valence-corrected chi connectivity index (χ4v) is 4.12. The molecule has 3 rings (SSSR count). The zero-order valence-corrected chi connectivity index (χ0v) is 15.7. The summed E-state index contributed by atoms with van der Waals surface area (Å²) in [6.07, 6.45) is 5.57. The number of thioether (sulfide) groups is 1. The second kappa shape index (κ2) is 7.44. The van der Waals surface area contributed by atoms with Crippen molar-refractivity contribution in [3.05, 3.63) is 41.7 Å². The van der Waals surface area contributed by atoms with Gasteiger partial charge in [-0.1, -0.05) is 18.7 Å². The average Bonchev–Trinajstić information content (AvgIpc) is 3.20. The summed E-state index contributed by atoms with van der Waals surface area (Å²) < 4.78 is 2.09. The quantitative estimate of drug-likeness (QED) is 0.586. The number of carbonyl (C=O) groups excluding carboxylic acids is 2. The lowest BCUT2D eigenvalue weighted by Gasteiger charge is -2.15. The van der Waals surface area contributed by atoms with Gasteiger partial charge in [-0.15, -0.1) is 0 Å². The fourth-order valence-electron chi connectivity index (χ4n) is 3.15. The Morgan fingerprint density at radius 1 is 1.36 bits per heavy atom. The third-order valence-electron chi connectivity index (χ3n) is 4.43. The van der Waals surface area contributed by atoms with E-state index >= 15 is 0 Å². The first-order chi connectivity index (χ1) is 12.0. The molecule has 132 valence electrons. The van der Waals surface area contributed by atoms with E-state index in [1.54, 1.807) is 18.0 Å². The number of carbonyl (C=O) groups is 2. The van der Waals surface area contributed by atoms with Crippen LogP contribution in [0, 0.1) is 0 Å². The van der Waals surface area contributed by atoms with Gasteiger partial charge in [0.2, 0.25) is 5.91 Å². The van der Waals surface area contributed by atoms with Crippen molar-refractivity contribution < 1.29 is 9.59 Å². The number of amides is 1. The minimum absolute atomic E-state index is 0.0458. The van der Waals surface area contributed by atoms with Crippen molar-refractivity contribution in [3.63, 3.8) is 0 Å². The first kappa shape index (κ1) is 17.7. The van der Waals surface area contributed by atoms with Gasteiger partial charge >= 0.3 is 0 Å². The number of hydrogen-bond donors (Lipinski definition) is 0. The molecule has 6 heteroatoms. The summed E-state index contributed by atoms with van der Waals surface area (Å²) in [6.45, 7) is 7.22. The van der Waals surface area contributed by atoms with Gasteiger partial charge in [0.15, 0.2) is 10.9 Å². The van der Waals surface area contributed by atoms with Crippen molar-refractivity contribution in [1.82, 2.24) is 9.55 Å². The van der Waals surface area contributed by atoms with E-state index in [9.17, 15) is 9.59 Å². The zero-order valence-electron chi connectivity index (χ0n) is 14.9. The number of aromatic nitrogens is 2. The van der Waals surface area contributed by atoms with E-state index in [2.05, 4.69) is 16.5 Å². The standard InChI is InChI=1S/C19H23N3O2S/c1-4-9-21-11-8-20-19(21)25-13(2)18(24)16-5-6-17-15(12-16)7-10-22(17)14(3)23/h5-6,8,11-13H,4,7,9-10H2,1-3H3. The van der Waals surface area contributed by atoms with Gasteiger partial charge in [0, 0.05) is 43.7 Å². The second-order valence-electron chi connectivity index (χ2n) is 6.29. The van der Waals surface area contributed by atoms with Crippen LogP contribution in [0.3, 0.4) is 0 Å². The summed E-state index contributed by atoms with van der Waals surface area (Å²) >= 11 is 1.50. The van der Waals surface area contributed by atoms with E-state index in [1.807, 2.05) is 31.3 Å². The summed E-state index contributed by atoms with van der Waals surface area (Å²) in [5.74, 6) is 0.143. The Kier molecular flexibility index (Phi) is 5.27. The van der Waals surface area contributed by atoms with Crippen LogP contribution in [0.2, 0.25) is 0 Å². The predicted molar refractivity (Wildman–Crippen MR) is 100 cm³/mol. The Balaban J connectivity index is 1.75. The normalized spacial score (nSPS) is 14.4.